The number of rotatable bonds is 14. The zero-order chi connectivity index (χ0) is 34.1. The molecular weight excluding hydrogens is 632 g/mol. The van der Waals surface area contributed by atoms with Crippen LogP contribution in [0.25, 0.3) is 0 Å². The second kappa shape index (κ2) is 15.6. The second-order valence-corrected chi connectivity index (χ2v) is 14.6. The van der Waals surface area contributed by atoms with Crippen LogP contribution in [0.2, 0.25) is 0 Å². The van der Waals surface area contributed by atoms with E-state index in [1.54, 1.807) is 66.7 Å². The summed E-state index contributed by atoms with van der Waals surface area (Å²) in [4.78, 5) is 28.2. The van der Waals surface area contributed by atoms with Gasteiger partial charge in [-0.2, -0.15) is 0 Å². The molecule has 1 fully saturated rings. The Bertz CT molecular complexity index is 1730. The third-order valence-electron chi connectivity index (χ3n) is 9.12. The number of hydrogen-bond donors (Lipinski definition) is 0. The number of nitrogens with zero attached hydrogens (tertiary/aromatic N) is 4. The topological polar surface area (TPSA) is 126 Å². The smallest absolute Gasteiger partial charge is 0.410 e. The van der Waals surface area contributed by atoms with Gasteiger partial charge in [-0.15, -0.1) is 0 Å². The molecule has 1 aliphatic heterocycles. The molecule has 1 amide bonds. The molecule has 1 aromatic heterocycles. The lowest BCUT2D eigenvalue weighted by Gasteiger charge is -2.40. The van der Waals surface area contributed by atoms with E-state index in [1.807, 2.05) is 24.3 Å². The lowest BCUT2D eigenvalue weighted by Crippen LogP contribution is -2.48. The molecular formula is C36H42N4O7S. The third kappa shape index (κ3) is 8.68. The van der Waals surface area contributed by atoms with Gasteiger partial charge in [0, 0.05) is 50.3 Å². The maximum absolute atomic E-state index is 13.4. The summed E-state index contributed by atoms with van der Waals surface area (Å²) >= 11 is 0. The maximum atomic E-state index is 13.4. The molecule has 0 spiro atoms. The van der Waals surface area contributed by atoms with Crippen LogP contribution in [-0.2, 0) is 33.3 Å². The fourth-order valence-corrected chi connectivity index (χ4v) is 7.53. The van der Waals surface area contributed by atoms with Crippen molar-refractivity contribution >= 4 is 21.8 Å². The molecule has 12 heteroatoms. The van der Waals surface area contributed by atoms with Gasteiger partial charge in [0.25, 0.3) is 5.69 Å². The summed E-state index contributed by atoms with van der Waals surface area (Å²) in [6, 6.07) is 28.0. The van der Waals surface area contributed by atoms with Crippen molar-refractivity contribution in [2.24, 2.45) is 0 Å². The number of hydrogen-bond acceptors (Lipinski definition) is 8. The molecule has 0 radical (unpaired) electrons. The van der Waals surface area contributed by atoms with E-state index in [-0.39, 0.29) is 29.8 Å². The largest absolute Gasteiger partial charge is 0.467 e. The van der Waals surface area contributed by atoms with Crippen LogP contribution in [0.5, 0.6) is 0 Å². The summed E-state index contributed by atoms with van der Waals surface area (Å²) in [5.41, 5.74) is 1.27. The highest BCUT2D eigenvalue weighted by molar-refractivity contribution is 7.89. The number of ether oxygens (including phenoxy) is 1. The van der Waals surface area contributed by atoms with Gasteiger partial charge in [0.2, 0.25) is 10.0 Å². The quantitative estimate of drug-likeness (QED) is 0.110. The number of piperidine rings is 1. The molecule has 5 rings (SSSR count). The zero-order valence-corrected chi connectivity index (χ0v) is 28.1. The molecule has 2 heterocycles. The van der Waals surface area contributed by atoms with Gasteiger partial charge < -0.3 is 14.1 Å². The van der Waals surface area contributed by atoms with E-state index in [4.69, 9.17) is 9.15 Å². The number of furan rings is 1. The van der Waals surface area contributed by atoms with Crippen molar-refractivity contribution in [3.63, 3.8) is 0 Å². The van der Waals surface area contributed by atoms with E-state index >= 15 is 0 Å². The summed E-state index contributed by atoms with van der Waals surface area (Å²) in [5, 5.41) is 11.0. The highest BCUT2D eigenvalue weighted by atomic mass is 32.2. The fraction of sp³-hybridized carbons (Fsp3) is 0.361. The van der Waals surface area contributed by atoms with Crippen molar-refractivity contribution in [3.8, 4) is 0 Å². The standard InChI is InChI=1S/C36H42N4O7S/c1-36(30-10-5-3-6-11-30,28-37(2)48(44,45)34-13-7-4-8-14-34)21-24-38-22-19-31(20-23-38)39(26-33-12-9-25-46-33)35(41)47-27-29-15-17-32(18-16-29)40(42)43/h3-18,25,31H,19-24,26-28H2,1-2H3. The summed E-state index contributed by atoms with van der Waals surface area (Å²) in [5.74, 6) is 0.651. The molecule has 0 saturated carbocycles. The van der Waals surface area contributed by atoms with Crippen molar-refractivity contribution < 1.29 is 27.3 Å². The predicted octanol–water partition coefficient (Wildman–Crippen LogP) is 6.46. The number of benzene rings is 3. The Hall–Kier alpha value is -4.52. The van der Waals surface area contributed by atoms with Crippen LogP contribution in [0, 0.1) is 10.1 Å². The Morgan fingerprint density at radius 3 is 2.23 bits per heavy atom. The van der Waals surface area contributed by atoms with E-state index in [0.717, 1.165) is 44.5 Å². The van der Waals surface area contributed by atoms with Crippen LogP contribution in [0.15, 0.2) is 113 Å². The van der Waals surface area contributed by atoms with Crippen molar-refractivity contribution in [3.05, 3.63) is 130 Å². The molecule has 1 aliphatic rings. The molecule has 3 aromatic carbocycles. The van der Waals surface area contributed by atoms with Gasteiger partial charge in [-0.25, -0.2) is 17.5 Å². The summed E-state index contributed by atoms with van der Waals surface area (Å²) in [6.45, 7) is 5.00. The molecule has 1 unspecified atom stereocenters. The van der Waals surface area contributed by atoms with Gasteiger partial charge in [-0.05, 0) is 73.3 Å². The first-order valence-electron chi connectivity index (χ1n) is 16.0. The molecule has 0 bridgehead atoms. The molecule has 11 nitrogen and oxygen atoms in total. The SMILES string of the molecule is CN(CC(C)(CCN1CCC(N(Cc2ccco2)C(=O)OCc2ccc([N+](=O)[O-])cc2)CC1)c1ccccc1)S(=O)(=O)c1ccccc1. The minimum absolute atomic E-state index is 0.00314. The Labute approximate surface area is 281 Å². The summed E-state index contributed by atoms with van der Waals surface area (Å²) in [6.07, 6.45) is 3.31. The van der Waals surface area contributed by atoms with E-state index < -0.39 is 26.5 Å². The van der Waals surface area contributed by atoms with E-state index in [0.29, 0.717) is 17.9 Å². The van der Waals surface area contributed by atoms with Crippen LogP contribution in [-0.4, -0.2) is 72.8 Å². The second-order valence-electron chi connectivity index (χ2n) is 12.5. The Balaban J connectivity index is 1.22. The number of likely N-dealkylation sites (N-methyl/N-ethyl adjacent to an activating group) is 1. The van der Waals surface area contributed by atoms with E-state index in [1.165, 1.54) is 16.4 Å². The Morgan fingerprint density at radius 2 is 1.62 bits per heavy atom. The van der Waals surface area contributed by atoms with Crippen molar-refractivity contribution in [2.45, 2.75) is 55.7 Å². The number of carbonyl (C=O) groups excluding carboxylic acids is 1. The van der Waals surface area contributed by atoms with E-state index in [2.05, 4.69) is 24.0 Å². The number of nitro benzene ring substituents is 1. The molecule has 0 N–H and O–H groups in total. The third-order valence-corrected chi connectivity index (χ3v) is 10.9. The number of sulfonamides is 1. The van der Waals surface area contributed by atoms with Gasteiger partial charge in [0.15, 0.2) is 0 Å². The molecule has 0 aliphatic carbocycles. The number of nitro groups is 1. The fourth-order valence-electron chi connectivity index (χ4n) is 6.22. The Morgan fingerprint density at radius 1 is 0.979 bits per heavy atom. The van der Waals surface area contributed by atoms with Crippen LogP contribution >= 0.6 is 0 Å². The van der Waals surface area contributed by atoms with Gasteiger partial charge in [-0.1, -0.05) is 55.5 Å². The first kappa shape index (κ1) is 34.8. The number of carbonyl (C=O) groups is 1. The van der Waals surface area contributed by atoms with Gasteiger partial charge in [0.1, 0.15) is 12.4 Å². The van der Waals surface area contributed by atoms with Crippen molar-refractivity contribution in [1.82, 2.24) is 14.1 Å². The predicted molar refractivity (Wildman–Crippen MR) is 182 cm³/mol. The molecule has 254 valence electrons. The van der Waals surface area contributed by atoms with Gasteiger partial charge >= 0.3 is 6.09 Å². The maximum Gasteiger partial charge on any atom is 0.410 e. The first-order chi connectivity index (χ1) is 23.0. The zero-order valence-electron chi connectivity index (χ0n) is 27.3. The molecule has 1 atom stereocenters. The average molecular weight is 675 g/mol. The highest BCUT2D eigenvalue weighted by Gasteiger charge is 2.35. The minimum Gasteiger partial charge on any atom is -0.467 e. The summed E-state index contributed by atoms with van der Waals surface area (Å²) < 4.78 is 39.5. The number of likely N-dealkylation sites (tertiary alicyclic amines) is 1. The van der Waals surface area contributed by atoms with Gasteiger partial charge in [0.05, 0.1) is 22.6 Å². The normalized spacial score (nSPS) is 15.6. The average Bonchev–Trinajstić information content (AvgIpc) is 3.63. The summed E-state index contributed by atoms with van der Waals surface area (Å²) in [7, 11) is -2.02. The number of non-ortho nitro benzene ring substituents is 1. The van der Waals surface area contributed by atoms with Crippen LogP contribution in [0.1, 0.15) is 43.1 Å². The van der Waals surface area contributed by atoms with Crippen molar-refractivity contribution in [1.29, 1.82) is 0 Å². The molecule has 4 aromatic rings. The van der Waals surface area contributed by atoms with Crippen LogP contribution in [0.4, 0.5) is 10.5 Å². The highest BCUT2D eigenvalue weighted by Crippen LogP contribution is 2.32. The van der Waals surface area contributed by atoms with Crippen molar-refractivity contribution in [2.75, 3.05) is 33.2 Å². The molecule has 48 heavy (non-hydrogen) atoms. The first-order valence-corrected chi connectivity index (χ1v) is 17.5. The lowest BCUT2D eigenvalue weighted by molar-refractivity contribution is -0.384. The van der Waals surface area contributed by atoms with Crippen LogP contribution < -0.4 is 0 Å². The molecule has 1 saturated heterocycles. The Kier molecular flexibility index (Phi) is 11.3. The lowest BCUT2D eigenvalue weighted by atomic mass is 9.79. The van der Waals surface area contributed by atoms with E-state index in [9.17, 15) is 23.3 Å². The van der Waals surface area contributed by atoms with Crippen LogP contribution in [0.3, 0.4) is 0 Å². The van der Waals surface area contributed by atoms with Gasteiger partial charge in [-0.3, -0.25) is 15.0 Å². The minimum atomic E-state index is -3.66. The number of amides is 1. The monoisotopic (exact) mass is 674 g/mol.